The second kappa shape index (κ2) is 4.74. The maximum Gasteiger partial charge on any atom is 0.241 e. The van der Waals surface area contributed by atoms with Crippen LogP contribution in [0.4, 0.5) is 0 Å². The molecule has 0 saturated carbocycles. The fraction of sp³-hybridized carbons (Fsp3) is 0.231. The van der Waals surface area contributed by atoms with Crippen molar-refractivity contribution < 1.29 is 4.74 Å². The van der Waals surface area contributed by atoms with E-state index >= 15 is 0 Å². The molecule has 0 saturated heterocycles. The van der Waals surface area contributed by atoms with E-state index in [9.17, 15) is 0 Å². The molecule has 0 spiro atoms. The second-order valence-electron chi connectivity index (χ2n) is 4.28. The number of hydrogen-bond donors (Lipinski definition) is 1. The summed E-state index contributed by atoms with van der Waals surface area (Å²) in [4.78, 5) is 4.48. The molecule has 3 aromatic heterocycles. The van der Waals surface area contributed by atoms with Crippen molar-refractivity contribution in [3.8, 4) is 11.6 Å². The van der Waals surface area contributed by atoms with Crippen LogP contribution in [-0.4, -0.2) is 25.7 Å². The smallest absolute Gasteiger partial charge is 0.241 e. The Morgan fingerprint density at radius 3 is 3.00 bits per heavy atom. The normalized spacial score (nSPS) is 11.1. The second-order valence-corrected chi connectivity index (χ2v) is 4.28. The van der Waals surface area contributed by atoms with Crippen molar-refractivity contribution in [2.24, 2.45) is 12.8 Å². The minimum atomic E-state index is 0.548. The number of hydrogen-bond acceptors (Lipinski definition) is 4. The molecule has 0 unspecified atom stereocenters. The molecule has 0 aliphatic carbocycles. The van der Waals surface area contributed by atoms with Gasteiger partial charge in [-0.1, -0.05) is 6.07 Å². The first-order valence-corrected chi connectivity index (χ1v) is 6.10. The Morgan fingerprint density at radius 2 is 2.26 bits per heavy atom. The van der Waals surface area contributed by atoms with Gasteiger partial charge in [-0.3, -0.25) is 4.68 Å². The number of nitrogens with zero attached hydrogens (tertiary/aromatic N) is 4. The lowest BCUT2D eigenvalue weighted by molar-refractivity contribution is 0.458. The molecule has 0 fully saturated rings. The zero-order valence-corrected chi connectivity index (χ0v) is 10.7. The topological polar surface area (TPSA) is 70.4 Å². The van der Waals surface area contributed by atoms with Crippen molar-refractivity contribution in [1.29, 1.82) is 0 Å². The molecule has 0 aliphatic heterocycles. The maximum atomic E-state index is 5.80. The summed E-state index contributed by atoms with van der Waals surface area (Å²) in [6.45, 7) is 0.548. The Balaban J connectivity index is 2.04. The summed E-state index contributed by atoms with van der Waals surface area (Å²) in [5.41, 5.74) is 7.49. The van der Waals surface area contributed by atoms with Crippen LogP contribution < -0.4 is 10.5 Å². The molecule has 98 valence electrons. The summed E-state index contributed by atoms with van der Waals surface area (Å²) in [6, 6.07) is 5.85. The van der Waals surface area contributed by atoms with Gasteiger partial charge in [0, 0.05) is 19.7 Å². The molecule has 0 aromatic carbocycles. The molecule has 3 aromatic rings. The first-order chi connectivity index (χ1) is 9.28. The SMILES string of the molecule is Cn1cc(Oc2nc3ccccn3c2CCN)cn1. The summed E-state index contributed by atoms with van der Waals surface area (Å²) in [5.74, 6) is 1.26. The lowest BCUT2D eigenvalue weighted by Crippen LogP contribution is -2.06. The molecule has 6 heteroatoms. The van der Waals surface area contributed by atoms with Crippen LogP contribution in [0, 0.1) is 0 Å². The standard InChI is InChI=1S/C13H15N5O/c1-17-9-10(8-15-17)19-13-11(5-6-14)18-7-3-2-4-12(18)16-13/h2-4,7-9H,5-6,14H2,1H3. The number of pyridine rings is 1. The van der Waals surface area contributed by atoms with Crippen molar-refractivity contribution in [1.82, 2.24) is 19.2 Å². The van der Waals surface area contributed by atoms with Crippen LogP contribution in [0.5, 0.6) is 11.6 Å². The predicted octanol–water partition coefficient (Wildman–Crippen LogP) is 1.36. The molecule has 6 nitrogen and oxygen atoms in total. The Morgan fingerprint density at radius 1 is 1.37 bits per heavy atom. The zero-order valence-electron chi connectivity index (χ0n) is 10.7. The van der Waals surface area contributed by atoms with Crippen LogP contribution in [0.2, 0.25) is 0 Å². The summed E-state index contributed by atoms with van der Waals surface area (Å²) < 4.78 is 9.48. The molecule has 0 radical (unpaired) electrons. The van der Waals surface area contributed by atoms with E-state index in [1.54, 1.807) is 17.1 Å². The van der Waals surface area contributed by atoms with Crippen molar-refractivity contribution >= 4 is 5.65 Å². The van der Waals surface area contributed by atoms with E-state index in [1.165, 1.54) is 0 Å². The van der Waals surface area contributed by atoms with Crippen LogP contribution >= 0.6 is 0 Å². The quantitative estimate of drug-likeness (QED) is 0.766. The third kappa shape index (κ3) is 2.17. The number of ether oxygens (including phenoxy) is 1. The highest BCUT2D eigenvalue weighted by Crippen LogP contribution is 2.25. The fourth-order valence-electron chi connectivity index (χ4n) is 2.03. The zero-order chi connectivity index (χ0) is 13.2. The number of rotatable bonds is 4. The highest BCUT2D eigenvalue weighted by molar-refractivity contribution is 5.46. The van der Waals surface area contributed by atoms with Gasteiger partial charge in [0.25, 0.3) is 0 Å². The Hall–Kier alpha value is -2.34. The largest absolute Gasteiger partial charge is 0.434 e. The number of aryl methyl sites for hydroxylation is 1. The van der Waals surface area contributed by atoms with Gasteiger partial charge in [0.2, 0.25) is 5.88 Å². The van der Waals surface area contributed by atoms with E-state index in [4.69, 9.17) is 10.5 Å². The van der Waals surface area contributed by atoms with Crippen LogP contribution in [0.3, 0.4) is 0 Å². The first-order valence-electron chi connectivity index (χ1n) is 6.10. The minimum absolute atomic E-state index is 0.548. The number of nitrogens with two attached hydrogens (primary N) is 1. The van der Waals surface area contributed by atoms with Crippen molar-refractivity contribution in [3.05, 3.63) is 42.5 Å². The molecule has 2 N–H and O–H groups in total. The number of imidazole rings is 1. The Bertz CT molecular complexity index is 700. The lowest BCUT2D eigenvalue weighted by Gasteiger charge is -2.03. The van der Waals surface area contributed by atoms with Crippen LogP contribution in [0.1, 0.15) is 5.69 Å². The van der Waals surface area contributed by atoms with E-state index in [0.29, 0.717) is 24.6 Å². The lowest BCUT2D eigenvalue weighted by atomic mass is 10.3. The molecule has 3 rings (SSSR count). The van der Waals surface area contributed by atoms with E-state index in [-0.39, 0.29) is 0 Å². The van der Waals surface area contributed by atoms with Gasteiger partial charge in [-0.05, 0) is 18.7 Å². The summed E-state index contributed by atoms with van der Waals surface area (Å²) in [6.07, 6.45) is 6.14. The molecule has 0 bridgehead atoms. The molecule has 0 aliphatic rings. The third-order valence-corrected chi connectivity index (χ3v) is 2.87. The molecule has 3 heterocycles. The van der Waals surface area contributed by atoms with E-state index < -0.39 is 0 Å². The van der Waals surface area contributed by atoms with Crippen LogP contribution in [0.15, 0.2) is 36.8 Å². The van der Waals surface area contributed by atoms with Crippen molar-refractivity contribution in [3.63, 3.8) is 0 Å². The van der Waals surface area contributed by atoms with E-state index in [2.05, 4.69) is 10.1 Å². The molecular weight excluding hydrogens is 242 g/mol. The number of aromatic nitrogens is 4. The van der Waals surface area contributed by atoms with Gasteiger partial charge in [0.15, 0.2) is 5.75 Å². The molecule has 0 atom stereocenters. The summed E-state index contributed by atoms with van der Waals surface area (Å²) in [5, 5.41) is 4.07. The molecule has 19 heavy (non-hydrogen) atoms. The first kappa shape index (κ1) is 11.7. The van der Waals surface area contributed by atoms with Crippen LogP contribution in [-0.2, 0) is 13.5 Å². The van der Waals surface area contributed by atoms with Gasteiger partial charge in [0.05, 0.1) is 18.1 Å². The minimum Gasteiger partial charge on any atom is -0.434 e. The van der Waals surface area contributed by atoms with Crippen molar-refractivity contribution in [2.45, 2.75) is 6.42 Å². The van der Waals surface area contributed by atoms with E-state index in [0.717, 1.165) is 11.3 Å². The monoisotopic (exact) mass is 257 g/mol. The summed E-state index contributed by atoms with van der Waals surface area (Å²) >= 11 is 0. The average Bonchev–Trinajstić information content (AvgIpc) is 2.96. The highest BCUT2D eigenvalue weighted by Gasteiger charge is 2.13. The van der Waals surface area contributed by atoms with Gasteiger partial charge in [0.1, 0.15) is 5.65 Å². The van der Waals surface area contributed by atoms with E-state index in [1.807, 2.05) is 35.8 Å². The fourth-order valence-corrected chi connectivity index (χ4v) is 2.03. The summed E-state index contributed by atoms with van der Waals surface area (Å²) in [7, 11) is 1.84. The predicted molar refractivity (Wildman–Crippen MR) is 71.2 cm³/mol. The van der Waals surface area contributed by atoms with Gasteiger partial charge in [-0.15, -0.1) is 0 Å². The van der Waals surface area contributed by atoms with Crippen LogP contribution in [0.25, 0.3) is 5.65 Å². The van der Waals surface area contributed by atoms with Gasteiger partial charge in [-0.25, -0.2) is 0 Å². The van der Waals surface area contributed by atoms with Gasteiger partial charge >= 0.3 is 0 Å². The Kier molecular flexibility index (Phi) is 2.92. The molecular formula is C13H15N5O. The van der Waals surface area contributed by atoms with Gasteiger partial charge < -0.3 is 14.9 Å². The number of fused-ring (bicyclic) bond motifs is 1. The highest BCUT2D eigenvalue weighted by atomic mass is 16.5. The third-order valence-electron chi connectivity index (χ3n) is 2.87. The van der Waals surface area contributed by atoms with Crippen molar-refractivity contribution in [2.75, 3.05) is 6.54 Å². The maximum absolute atomic E-state index is 5.80. The Labute approximate surface area is 110 Å². The average molecular weight is 257 g/mol. The van der Waals surface area contributed by atoms with Gasteiger partial charge in [-0.2, -0.15) is 10.1 Å². The molecule has 0 amide bonds.